The number of nitrogens with zero attached hydrogens (tertiary/aromatic N) is 4. The van der Waals surface area contributed by atoms with Gasteiger partial charge < -0.3 is 4.90 Å². The van der Waals surface area contributed by atoms with Crippen molar-refractivity contribution in [2.75, 3.05) is 7.05 Å². The zero-order valence-corrected chi connectivity index (χ0v) is 15.1. The third kappa shape index (κ3) is 3.01. The summed E-state index contributed by atoms with van der Waals surface area (Å²) in [5.41, 5.74) is 5.32. The highest BCUT2D eigenvalue weighted by Crippen LogP contribution is 2.26. The molecule has 0 saturated heterocycles. The first-order valence-electron chi connectivity index (χ1n) is 8.93. The Morgan fingerprint density at radius 3 is 2.62 bits per heavy atom. The number of aryl methyl sites for hydroxylation is 2. The zero-order valence-electron chi connectivity index (χ0n) is 15.1. The van der Waals surface area contributed by atoms with Crippen LogP contribution in [0, 0.1) is 6.92 Å². The van der Waals surface area contributed by atoms with Crippen molar-refractivity contribution in [3.8, 4) is 5.69 Å². The summed E-state index contributed by atoms with van der Waals surface area (Å²) in [5.74, 6) is 0.0433. The van der Waals surface area contributed by atoms with E-state index in [9.17, 15) is 4.79 Å². The van der Waals surface area contributed by atoms with E-state index in [1.165, 1.54) is 11.1 Å². The first-order valence-corrected chi connectivity index (χ1v) is 8.93. The molecule has 0 bridgehead atoms. The van der Waals surface area contributed by atoms with Gasteiger partial charge in [-0.3, -0.25) is 9.36 Å². The highest BCUT2D eigenvalue weighted by molar-refractivity contribution is 5.98. The molecular formula is C21H22N4O. The van der Waals surface area contributed by atoms with Crippen LogP contribution in [0.15, 0.2) is 55.1 Å². The van der Waals surface area contributed by atoms with Crippen LogP contribution in [-0.2, 0) is 12.8 Å². The number of hydrogen-bond donors (Lipinski definition) is 0. The molecule has 2 aromatic carbocycles. The van der Waals surface area contributed by atoms with Crippen molar-refractivity contribution in [1.82, 2.24) is 19.7 Å². The molecule has 26 heavy (non-hydrogen) atoms. The van der Waals surface area contributed by atoms with E-state index in [1.54, 1.807) is 17.2 Å². The van der Waals surface area contributed by atoms with E-state index < -0.39 is 0 Å². The maximum atomic E-state index is 13.3. The SMILES string of the molecule is Cc1ccc(-n2cnnc2)c(C(=O)N(C)C2CCc3ccccc3C2)c1. The molecule has 4 rings (SSSR count). The molecule has 1 atom stereocenters. The number of fused-ring (bicyclic) bond motifs is 1. The van der Waals surface area contributed by atoms with Crippen LogP contribution in [0.3, 0.4) is 0 Å². The molecule has 3 aromatic rings. The third-order valence-electron chi connectivity index (χ3n) is 5.27. The number of carbonyl (C=O) groups is 1. The Labute approximate surface area is 153 Å². The Bertz CT molecular complexity index is 933. The summed E-state index contributed by atoms with van der Waals surface area (Å²) < 4.78 is 1.79. The van der Waals surface area contributed by atoms with Gasteiger partial charge in [0.25, 0.3) is 5.91 Å². The van der Waals surface area contributed by atoms with Gasteiger partial charge in [0.05, 0.1) is 11.3 Å². The van der Waals surface area contributed by atoms with Gasteiger partial charge in [-0.25, -0.2) is 0 Å². The molecule has 5 nitrogen and oxygen atoms in total. The average molecular weight is 346 g/mol. The van der Waals surface area contributed by atoms with Gasteiger partial charge in [-0.15, -0.1) is 10.2 Å². The zero-order chi connectivity index (χ0) is 18.1. The molecule has 0 saturated carbocycles. The predicted molar refractivity (Wildman–Crippen MR) is 100 cm³/mol. The molecule has 0 radical (unpaired) electrons. The van der Waals surface area contributed by atoms with Crippen molar-refractivity contribution in [1.29, 1.82) is 0 Å². The van der Waals surface area contributed by atoms with Gasteiger partial charge in [0.1, 0.15) is 12.7 Å². The molecule has 0 N–H and O–H groups in total. The van der Waals surface area contributed by atoms with Crippen molar-refractivity contribution >= 4 is 5.91 Å². The van der Waals surface area contributed by atoms with Crippen molar-refractivity contribution in [2.45, 2.75) is 32.2 Å². The van der Waals surface area contributed by atoms with Gasteiger partial charge in [0.15, 0.2) is 0 Å². The second-order valence-electron chi connectivity index (χ2n) is 6.97. The number of rotatable bonds is 3. The normalized spacial score (nSPS) is 16.2. The quantitative estimate of drug-likeness (QED) is 0.732. The molecular weight excluding hydrogens is 324 g/mol. The summed E-state index contributed by atoms with van der Waals surface area (Å²) in [7, 11) is 1.92. The smallest absolute Gasteiger partial charge is 0.255 e. The van der Waals surface area contributed by atoms with Crippen LogP contribution in [0.5, 0.6) is 0 Å². The van der Waals surface area contributed by atoms with E-state index in [4.69, 9.17) is 0 Å². The lowest BCUT2D eigenvalue weighted by molar-refractivity contribution is 0.0719. The summed E-state index contributed by atoms with van der Waals surface area (Å²) in [5, 5.41) is 7.74. The summed E-state index contributed by atoms with van der Waals surface area (Å²) in [4.78, 5) is 15.2. The van der Waals surface area contributed by atoms with Crippen molar-refractivity contribution in [3.63, 3.8) is 0 Å². The molecule has 1 heterocycles. The first-order chi connectivity index (χ1) is 12.6. The fraction of sp³-hybridized carbons (Fsp3) is 0.286. The Hall–Kier alpha value is -2.95. The van der Waals surface area contributed by atoms with E-state index in [1.807, 2.05) is 37.1 Å². The fourth-order valence-electron chi connectivity index (χ4n) is 3.74. The molecule has 1 aliphatic rings. The summed E-state index contributed by atoms with van der Waals surface area (Å²) in [6.07, 6.45) is 6.17. The van der Waals surface area contributed by atoms with Gasteiger partial charge in [0, 0.05) is 13.1 Å². The first kappa shape index (κ1) is 16.5. The van der Waals surface area contributed by atoms with E-state index in [0.717, 1.165) is 30.5 Å². The predicted octanol–water partition coefficient (Wildman–Crippen LogP) is 3.21. The molecule has 1 aromatic heterocycles. The average Bonchev–Trinajstić information content (AvgIpc) is 3.21. The lowest BCUT2D eigenvalue weighted by Crippen LogP contribution is -2.41. The monoisotopic (exact) mass is 346 g/mol. The van der Waals surface area contributed by atoms with Crippen molar-refractivity contribution < 1.29 is 4.79 Å². The van der Waals surface area contributed by atoms with Crippen LogP contribution in [0.25, 0.3) is 5.69 Å². The highest BCUT2D eigenvalue weighted by Gasteiger charge is 2.27. The standard InChI is InChI=1S/C21H22N4O/c1-15-7-10-20(25-13-22-23-14-25)19(11-15)21(26)24(2)18-9-8-16-5-3-4-6-17(16)12-18/h3-7,10-11,13-14,18H,8-9,12H2,1-2H3. The van der Waals surface area contributed by atoms with E-state index in [2.05, 4.69) is 34.5 Å². The third-order valence-corrected chi connectivity index (χ3v) is 5.27. The topological polar surface area (TPSA) is 51.0 Å². The Morgan fingerprint density at radius 1 is 1.12 bits per heavy atom. The Balaban J connectivity index is 1.63. The fourth-order valence-corrected chi connectivity index (χ4v) is 3.74. The second-order valence-corrected chi connectivity index (χ2v) is 6.97. The highest BCUT2D eigenvalue weighted by atomic mass is 16.2. The number of likely N-dealkylation sites (N-methyl/N-ethyl adjacent to an activating group) is 1. The molecule has 132 valence electrons. The Morgan fingerprint density at radius 2 is 1.85 bits per heavy atom. The maximum Gasteiger partial charge on any atom is 0.255 e. The summed E-state index contributed by atoms with van der Waals surface area (Å²) in [6.45, 7) is 2.00. The van der Waals surface area contributed by atoms with E-state index in [0.29, 0.717) is 5.56 Å². The number of carbonyl (C=O) groups excluding carboxylic acids is 1. The van der Waals surface area contributed by atoms with Crippen molar-refractivity contribution in [2.24, 2.45) is 0 Å². The van der Waals surface area contributed by atoms with Gasteiger partial charge in [0.2, 0.25) is 0 Å². The molecule has 1 aliphatic carbocycles. The van der Waals surface area contributed by atoms with Crippen LogP contribution >= 0.6 is 0 Å². The van der Waals surface area contributed by atoms with E-state index in [-0.39, 0.29) is 11.9 Å². The van der Waals surface area contributed by atoms with Crippen LogP contribution in [0.1, 0.15) is 33.5 Å². The van der Waals surface area contributed by atoms with Crippen molar-refractivity contribution in [3.05, 3.63) is 77.4 Å². The number of aromatic nitrogens is 3. The number of benzene rings is 2. The molecule has 1 unspecified atom stereocenters. The minimum absolute atomic E-state index is 0.0433. The van der Waals surface area contributed by atoms with Gasteiger partial charge >= 0.3 is 0 Å². The number of amides is 1. The largest absolute Gasteiger partial charge is 0.338 e. The molecule has 0 fully saturated rings. The van der Waals surface area contributed by atoms with Gasteiger partial charge in [-0.05, 0) is 49.4 Å². The Kier molecular flexibility index (Phi) is 4.29. The molecule has 0 aliphatic heterocycles. The van der Waals surface area contributed by atoms with Gasteiger partial charge in [-0.1, -0.05) is 35.9 Å². The minimum Gasteiger partial charge on any atom is -0.338 e. The minimum atomic E-state index is 0.0433. The maximum absolute atomic E-state index is 13.3. The summed E-state index contributed by atoms with van der Waals surface area (Å²) in [6, 6.07) is 14.7. The van der Waals surface area contributed by atoms with Crippen LogP contribution in [-0.4, -0.2) is 38.7 Å². The van der Waals surface area contributed by atoms with E-state index >= 15 is 0 Å². The molecule has 1 amide bonds. The lowest BCUT2D eigenvalue weighted by atomic mass is 9.87. The van der Waals surface area contributed by atoms with Gasteiger partial charge in [-0.2, -0.15) is 0 Å². The molecule has 5 heteroatoms. The molecule has 0 spiro atoms. The van der Waals surface area contributed by atoms with Crippen LogP contribution in [0.2, 0.25) is 0 Å². The summed E-state index contributed by atoms with van der Waals surface area (Å²) >= 11 is 0. The van der Waals surface area contributed by atoms with Crippen LogP contribution in [0.4, 0.5) is 0 Å². The lowest BCUT2D eigenvalue weighted by Gasteiger charge is -2.33. The second kappa shape index (κ2) is 6.75. The number of hydrogen-bond acceptors (Lipinski definition) is 3. The van der Waals surface area contributed by atoms with Crippen LogP contribution < -0.4 is 0 Å².